The molecule has 3 nitrogen and oxygen atoms in total. The number of nitrogens with zero attached hydrogens (tertiary/aromatic N) is 1. The quantitative estimate of drug-likeness (QED) is 0.715. The third kappa shape index (κ3) is 1.84. The van der Waals surface area contributed by atoms with Crippen LogP contribution in [-0.4, -0.2) is 18.1 Å². The summed E-state index contributed by atoms with van der Waals surface area (Å²) in [6, 6.07) is 3.67. The first-order valence-corrected chi connectivity index (χ1v) is 4.88. The summed E-state index contributed by atoms with van der Waals surface area (Å²) in [7, 11) is 1.19. The van der Waals surface area contributed by atoms with Crippen molar-refractivity contribution in [3.63, 3.8) is 0 Å². The average Bonchev–Trinajstić information content (AvgIpc) is 2.34. The maximum atomic E-state index is 13.7. The third-order valence-corrected chi connectivity index (χ3v) is 2.44. The molecule has 5 heteroatoms. The number of ether oxygens (including phenoxy) is 1. The number of hydrogen-bond donors (Lipinski definition) is 0. The normalized spacial score (nSPS) is 10.6. The minimum atomic E-state index is -0.688. The van der Waals surface area contributed by atoms with Crippen LogP contribution >= 0.6 is 0 Å². The molecule has 0 unspecified atom stereocenters. The number of aryl methyl sites for hydroxylation is 1. The number of hydrogen-bond acceptors (Lipinski definition) is 3. The van der Waals surface area contributed by atoms with E-state index in [2.05, 4.69) is 9.72 Å². The molecular formula is C12H9F2NO2. The molecule has 0 N–H and O–H groups in total. The summed E-state index contributed by atoms with van der Waals surface area (Å²) >= 11 is 0. The fraction of sp³-hybridized carbons (Fsp3) is 0.167. The highest BCUT2D eigenvalue weighted by Crippen LogP contribution is 2.22. The van der Waals surface area contributed by atoms with E-state index in [-0.39, 0.29) is 22.2 Å². The first-order valence-electron chi connectivity index (χ1n) is 4.88. The summed E-state index contributed by atoms with van der Waals surface area (Å²) in [4.78, 5) is 15.0. The molecule has 0 fully saturated rings. The van der Waals surface area contributed by atoms with Gasteiger partial charge in [0.1, 0.15) is 22.8 Å². The Hall–Kier alpha value is -2.04. The van der Waals surface area contributed by atoms with Crippen LogP contribution in [-0.2, 0) is 4.74 Å². The Balaban J connectivity index is 2.74. The van der Waals surface area contributed by atoms with E-state index < -0.39 is 17.6 Å². The highest BCUT2D eigenvalue weighted by atomic mass is 19.1. The maximum Gasteiger partial charge on any atom is 0.356 e. The Morgan fingerprint density at radius 2 is 2.06 bits per heavy atom. The van der Waals surface area contributed by atoms with Gasteiger partial charge in [-0.1, -0.05) is 0 Å². The Morgan fingerprint density at radius 1 is 1.35 bits per heavy atom. The molecule has 0 aliphatic carbocycles. The monoisotopic (exact) mass is 237 g/mol. The number of aromatic nitrogens is 1. The molecule has 88 valence electrons. The summed E-state index contributed by atoms with van der Waals surface area (Å²) in [5, 5.41) is 0.0511. The lowest BCUT2D eigenvalue weighted by atomic mass is 10.1. The Bertz CT molecular complexity index is 611. The number of benzene rings is 1. The van der Waals surface area contributed by atoms with Gasteiger partial charge < -0.3 is 4.74 Å². The van der Waals surface area contributed by atoms with Crippen molar-refractivity contribution in [2.45, 2.75) is 6.92 Å². The first-order chi connectivity index (χ1) is 8.04. The van der Waals surface area contributed by atoms with E-state index in [0.717, 1.165) is 6.07 Å². The molecule has 1 aromatic heterocycles. The number of pyridine rings is 1. The van der Waals surface area contributed by atoms with Crippen LogP contribution in [0.2, 0.25) is 0 Å². The predicted octanol–water partition coefficient (Wildman–Crippen LogP) is 2.61. The topological polar surface area (TPSA) is 39.2 Å². The molecule has 1 heterocycles. The second kappa shape index (κ2) is 4.08. The van der Waals surface area contributed by atoms with Crippen molar-refractivity contribution in [1.82, 2.24) is 4.98 Å². The number of methoxy groups -OCH3 is 1. The van der Waals surface area contributed by atoms with Gasteiger partial charge in [0.25, 0.3) is 0 Å². The summed E-state index contributed by atoms with van der Waals surface area (Å²) in [6.07, 6.45) is 0. The van der Waals surface area contributed by atoms with E-state index in [1.807, 2.05) is 0 Å². The van der Waals surface area contributed by atoms with Gasteiger partial charge in [-0.2, -0.15) is 0 Å². The highest BCUT2D eigenvalue weighted by molar-refractivity contribution is 5.91. The Kier molecular flexibility index (Phi) is 2.75. The lowest BCUT2D eigenvalue weighted by Gasteiger charge is -2.05. The summed E-state index contributed by atoms with van der Waals surface area (Å²) in [5.74, 6) is -1.89. The van der Waals surface area contributed by atoms with Crippen molar-refractivity contribution in [1.29, 1.82) is 0 Å². The smallest absolute Gasteiger partial charge is 0.356 e. The zero-order chi connectivity index (χ0) is 12.6. The van der Waals surface area contributed by atoms with Gasteiger partial charge in [0.05, 0.1) is 7.11 Å². The standard InChI is InChI=1S/C12H9F2NO2/c1-6-5-8(13)11-7(10(6)14)3-4-9(15-11)12(16)17-2/h3-5H,1-2H3. The lowest BCUT2D eigenvalue weighted by molar-refractivity contribution is 0.0594. The van der Waals surface area contributed by atoms with Crippen LogP contribution in [0.3, 0.4) is 0 Å². The van der Waals surface area contributed by atoms with Gasteiger partial charge in [-0.3, -0.25) is 0 Å². The van der Waals surface area contributed by atoms with Gasteiger partial charge >= 0.3 is 5.97 Å². The van der Waals surface area contributed by atoms with Gasteiger partial charge in [-0.25, -0.2) is 18.6 Å². The maximum absolute atomic E-state index is 13.7. The van der Waals surface area contributed by atoms with Gasteiger partial charge in [-0.05, 0) is 30.7 Å². The van der Waals surface area contributed by atoms with E-state index in [9.17, 15) is 13.6 Å². The molecule has 0 radical (unpaired) electrons. The van der Waals surface area contributed by atoms with E-state index in [1.165, 1.54) is 26.2 Å². The molecule has 0 amide bonds. The largest absolute Gasteiger partial charge is 0.464 e. The van der Waals surface area contributed by atoms with Crippen molar-refractivity contribution in [3.8, 4) is 0 Å². The van der Waals surface area contributed by atoms with E-state index in [0.29, 0.717) is 0 Å². The number of fused-ring (bicyclic) bond motifs is 1. The van der Waals surface area contributed by atoms with Crippen LogP contribution in [0.25, 0.3) is 10.9 Å². The highest BCUT2D eigenvalue weighted by Gasteiger charge is 2.14. The molecule has 2 rings (SSSR count). The minimum Gasteiger partial charge on any atom is -0.464 e. The van der Waals surface area contributed by atoms with Crippen molar-refractivity contribution in [2.75, 3.05) is 7.11 Å². The second-order valence-corrected chi connectivity index (χ2v) is 3.57. The zero-order valence-electron chi connectivity index (χ0n) is 9.25. The van der Waals surface area contributed by atoms with Crippen molar-refractivity contribution < 1.29 is 18.3 Å². The molecule has 1 aromatic carbocycles. The second-order valence-electron chi connectivity index (χ2n) is 3.57. The van der Waals surface area contributed by atoms with Crippen LogP contribution in [0.5, 0.6) is 0 Å². The Labute approximate surface area is 96.0 Å². The molecular weight excluding hydrogens is 228 g/mol. The van der Waals surface area contributed by atoms with Crippen LogP contribution in [0.4, 0.5) is 8.78 Å². The minimum absolute atomic E-state index is 0.0511. The van der Waals surface area contributed by atoms with Crippen LogP contribution in [0.15, 0.2) is 18.2 Å². The zero-order valence-corrected chi connectivity index (χ0v) is 9.25. The van der Waals surface area contributed by atoms with Gasteiger partial charge in [-0.15, -0.1) is 0 Å². The number of rotatable bonds is 1. The fourth-order valence-electron chi connectivity index (χ4n) is 1.57. The number of esters is 1. The molecule has 17 heavy (non-hydrogen) atoms. The van der Waals surface area contributed by atoms with Gasteiger partial charge in [0.15, 0.2) is 0 Å². The van der Waals surface area contributed by atoms with Crippen molar-refractivity contribution in [2.24, 2.45) is 0 Å². The summed E-state index contributed by atoms with van der Waals surface area (Å²) in [5.41, 5.74) is -0.0271. The SMILES string of the molecule is COC(=O)c1ccc2c(F)c(C)cc(F)c2n1. The molecule has 0 saturated heterocycles. The van der Waals surface area contributed by atoms with E-state index in [1.54, 1.807) is 0 Å². The predicted molar refractivity (Wildman–Crippen MR) is 57.7 cm³/mol. The van der Waals surface area contributed by atoms with Crippen LogP contribution in [0, 0.1) is 18.6 Å². The molecule has 0 atom stereocenters. The van der Waals surface area contributed by atoms with E-state index >= 15 is 0 Å². The molecule has 0 aliphatic heterocycles. The summed E-state index contributed by atoms with van der Waals surface area (Å²) < 4.78 is 31.7. The molecule has 0 saturated carbocycles. The third-order valence-electron chi connectivity index (χ3n) is 2.44. The molecule has 0 spiro atoms. The molecule has 0 aliphatic rings. The number of carbonyl (C=O) groups is 1. The first kappa shape index (κ1) is 11.4. The van der Waals surface area contributed by atoms with Crippen molar-refractivity contribution in [3.05, 3.63) is 41.1 Å². The van der Waals surface area contributed by atoms with Gasteiger partial charge in [0, 0.05) is 5.39 Å². The van der Waals surface area contributed by atoms with Crippen LogP contribution < -0.4 is 0 Å². The van der Waals surface area contributed by atoms with E-state index in [4.69, 9.17) is 0 Å². The van der Waals surface area contributed by atoms with Crippen LogP contribution in [0.1, 0.15) is 16.1 Å². The average molecular weight is 237 g/mol. The van der Waals surface area contributed by atoms with Gasteiger partial charge in [0.2, 0.25) is 0 Å². The summed E-state index contributed by atoms with van der Waals surface area (Å²) in [6.45, 7) is 1.46. The Morgan fingerprint density at radius 3 is 2.71 bits per heavy atom. The lowest BCUT2D eigenvalue weighted by Crippen LogP contribution is -2.05. The number of carbonyl (C=O) groups excluding carboxylic acids is 1. The molecule has 0 bridgehead atoms. The molecule has 2 aromatic rings. The fourth-order valence-corrected chi connectivity index (χ4v) is 1.57. The van der Waals surface area contributed by atoms with Crippen molar-refractivity contribution >= 4 is 16.9 Å². The number of halogens is 2.